The molecule has 0 radical (unpaired) electrons. The number of aromatic nitrogens is 1. The third-order valence-corrected chi connectivity index (χ3v) is 5.99. The van der Waals surface area contributed by atoms with E-state index in [0.29, 0.717) is 11.3 Å². The van der Waals surface area contributed by atoms with Crippen molar-refractivity contribution in [1.82, 2.24) is 9.88 Å². The van der Waals surface area contributed by atoms with Crippen molar-refractivity contribution in [2.75, 3.05) is 25.0 Å². The van der Waals surface area contributed by atoms with Gasteiger partial charge in [-0.2, -0.15) is 0 Å². The average Bonchev–Trinajstić information content (AvgIpc) is 3.08. The molecule has 130 valence electrons. The minimum atomic E-state index is -3.78. The highest BCUT2D eigenvalue weighted by atomic mass is 32.2. The van der Waals surface area contributed by atoms with Crippen molar-refractivity contribution >= 4 is 15.7 Å². The van der Waals surface area contributed by atoms with E-state index >= 15 is 0 Å². The van der Waals surface area contributed by atoms with E-state index in [0.717, 1.165) is 18.7 Å². The summed E-state index contributed by atoms with van der Waals surface area (Å²) < 4.78 is 32.1. The molecule has 0 saturated heterocycles. The first-order valence-electron chi connectivity index (χ1n) is 7.74. The second-order valence-corrected chi connectivity index (χ2v) is 7.78. The number of nitrogens with zero attached hydrogens (tertiary/aromatic N) is 2. The van der Waals surface area contributed by atoms with Crippen molar-refractivity contribution in [3.05, 3.63) is 40.8 Å². The van der Waals surface area contributed by atoms with E-state index in [1.807, 2.05) is 25.2 Å². The third-order valence-electron chi connectivity index (χ3n) is 4.32. The number of hydrogen-bond donors (Lipinski definition) is 2. The Balaban J connectivity index is 1.73. The van der Waals surface area contributed by atoms with Crippen LogP contribution in [0.3, 0.4) is 0 Å². The van der Waals surface area contributed by atoms with E-state index in [1.165, 1.54) is 5.56 Å². The summed E-state index contributed by atoms with van der Waals surface area (Å²) in [6.45, 7) is 3.95. The summed E-state index contributed by atoms with van der Waals surface area (Å²) in [7, 11) is -1.75. The van der Waals surface area contributed by atoms with Crippen molar-refractivity contribution in [2.24, 2.45) is 0 Å². The Labute approximate surface area is 141 Å². The van der Waals surface area contributed by atoms with Gasteiger partial charge in [-0.3, -0.25) is 0 Å². The lowest BCUT2D eigenvalue weighted by Crippen LogP contribution is -2.29. The number of fused-ring (bicyclic) bond motifs is 1. The van der Waals surface area contributed by atoms with Gasteiger partial charge in [0.1, 0.15) is 10.6 Å². The van der Waals surface area contributed by atoms with Gasteiger partial charge in [-0.05, 0) is 37.5 Å². The van der Waals surface area contributed by atoms with Crippen molar-refractivity contribution in [2.45, 2.75) is 31.3 Å². The third kappa shape index (κ3) is 3.04. The van der Waals surface area contributed by atoms with Crippen molar-refractivity contribution in [1.29, 1.82) is 0 Å². The summed E-state index contributed by atoms with van der Waals surface area (Å²) >= 11 is 0. The molecule has 0 amide bonds. The predicted octanol–water partition coefficient (Wildman–Crippen LogP) is 1.30. The zero-order valence-electron chi connectivity index (χ0n) is 13.9. The van der Waals surface area contributed by atoms with E-state index in [2.05, 4.69) is 14.8 Å². The zero-order chi connectivity index (χ0) is 17.5. The Morgan fingerprint density at radius 1 is 1.42 bits per heavy atom. The Kier molecular flexibility index (Phi) is 4.37. The van der Waals surface area contributed by atoms with Crippen LogP contribution in [0.4, 0.5) is 5.69 Å². The van der Waals surface area contributed by atoms with Crippen molar-refractivity contribution in [3.8, 4) is 0 Å². The number of likely N-dealkylation sites (N-methyl/N-ethyl adjacent to an activating group) is 1. The first-order valence-corrected chi connectivity index (χ1v) is 9.22. The van der Waals surface area contributed by atoms with Crippen LogP contribution < -0.4 is 9.62 Å². The Bertz CT molecular complexity index is 841. The average molecular weight is 351 g/mol. The SMILES string of the molecule is Cc1noc(C)c1S(=O)(=O)NCC(O)c1ccc2c(c1)CCN2C. The van der Waals surface area contributed by atoms with Crippen LogP contribution in [0.25, 0.3) is 0 Å². The quantitative estimate of drug-likeness (QED) is 0.843. The van der Waals surface area contributed by atoms with Gasteiger partial charge < -0.3 is 14.5 Å². The van der Waals surface area contributed by atoms with Gasteiger partial charge in [0, 0.05) is 25.8 Å². The first-order chi connectivity index (χ1) is 11.3. The zero-order valence-corrected chi connectivity index (χ0v) is 14.7. The van der Waals surface area contributed by atoms with Gasteiger partial charge in [0.15, 0.2) is 5.76 Å². The van der Waals surface area contributed by atoms with Gasteiger partial charge in [-0.1, -0.05) is 17.3 Å². The molecule has 2 aromatic rings. The number of aliphatic hydroxyl groups is 1. The van der Waals surface area contributed by atoms with Crippen LogP contribution in [0.1, 0.15) is 28.7 Å². The van der Waals surface area contributed by atoms with Crippen LogP contribution in [-0.4, -0.2) is 38.8 Å². The smallest absolute Gasteiger partial charge is 0.246 e. The van der Waals surface area contributed by atoms with Gasteiger partial charge in [0.05, 0.1) is 6.10 Å². The number of aryl methyl sites for hydroxylation is 2. The summed E-state index contributed by atoms with van der Waals surface area (Å²) in [6, 6.07) is 5.73. The van der Waals surface area contributed by atoms with Gasteiger partial charge in [0.25, 0.3) is 0 Å². The van der Waals surface area contributed by atoms with Gasteiger partial charge >= 0.3 is 0 Å². The fraction of sp³-hybridized carbons (Fsp3) is 0.438. The van der Waals surface area contributed by atoms with Gasteiger partial charge in [0.2, 0.25) is 10.0 Å². The molecular formula is C16H21N3O4S. The monoisotopic (exact) mass is 351 g/mol. The normalized spacial score (nSPS) is 15.6. The summed E-state index contributed by atoms with van der Waals surface area (Å²) in [4.78, 5) is 2.19. The molecule has 0 bridgehead atoms. The molecule has 0 fully saturated rings. The molecule has 7 nitrogen and oxygen atoms in total. The molecule has 1 aromatic carbocycles. The molecule has 1 atom stereocenters. The molecule has 1 aliphatic rings. The van der Waals surface area contributed by atoms with Crippen LogP contribution in [0, 0.1) is 13.8 Å². The maximum Gasteiger partial charge on any atom is 0.246 e. The molecule has 24 heavy (non-hydrogen) atoms. The lowest BCUT2D eigenvalue weighted by molar-refractivity contribution is 0.182. The van der Waals surface area contributed by atoms with E-state index < -0.39 is 16.1 Å². The van der Waals surface area contributed by atoms with E-state index in [9.17, 15) is 13.5 Å². The minimum Gasteiger partial charge on any atom is -0.387 e. The molecule has 3 rings (SSSR count). The lowest BCUT2D eigenvalue weighted by Gasteiger charge is -2.15. The molecule has 1 unspecified atom stereocenters. The summed E-state index contributed by atoms with van der Waals surface area (Å²) in [6.07, 6.45) is 0.00783. The van der Waals surface area contributed by atoms with Crippen molar-refractivity contribution < 1.29 is 18.0 Å². The molecule has 2 N–H and O–H groups in total. The number of hydrogen-bond acceptors (Lipinski definition) is 6. The molecule has 1 aliphatic heterocycles. The number of nitrogens with one attached hydrogen (secondary N) is 1. The summed E-state index contributed by atoms with van der Waals surface area (Å²) in [5.74, 6) is 0.232. The molecule has 2 heterocycles. The standard InChI is InChI=1S/C16H21N3O4S/c1-10-16(11(2)23-18-10)24(21,22)17-9-15(20)13-4-5-14-12(8-13)6-7-19(14)3/h4-5,8,15,17,20H,6-7,9H2,1-3H3. The van der Waals surface area contributed by atoms with Crippen LogP contribution in [-0.2, 0) is 16.4 Å². The van der Waals surface area contributed by atoms with Crippen LogP contribution in [0.15, 0.2) is 27.6 Å². The lowest BCUT2D eigenvalue weighted by atomic mass is 10.0. The Morgan fingerprint density at radius 2 is 2.17 bits per heavy atom. The van der Waals surface area contributed by atoms with Crippen LogP contribution in [0.5, 0.6) is 0 Å². The number of anilines is 1. The second kappa shape index (κ2) is 6.19. The molecule has 0 saturated carbocycles. The van der Waals surface area contributed by atoms with E-state index in [-0.39, 0.29) is 17.2 Å². The van der Waals surface area contributed by atoms with Gasteiger partial charge in [-0.15, -0.1) is 0 Å². The van der Waals surface area contributed by atoms with Crippen molar-refractivity contribution in [3.63, 3.8) is 0 Å². The molecule has 8 heteroatoms. The van der Waals surface area contributed by atoms with Gasteiger partial charge in [-0.25, -0.2) is 13.1 Å². The number of sulfonamides is 1. The summed E-state index contributed by atoms with van der Waals surface area (Å²) in [5.41, 5.74) is 3.32. The van der Waals surface area contributed by atoms with Crippen LogP contribution in [0.2, 0.25) is 0 Å². The van der Waals surface area contributed by atoms with E-state index in [1.54, 1.807) is 13.8 Å². The Hall–Kier alpha value is -1.90. The minimum absolute atomic E-state index is 0.0327. The first kappa shape index (κ1) is 16.9. The fourth-order valence-corrected chi connectivity index (χ4v) is 4.39. The highest BCUT2D eigenvalue weighted by Crippen LogP contribution is 2.29. The van der Waals surface area contributed by atoms with E-state index in [4.69, 9.17) is 4.52 Å². The maximum atomic E-state index is 12.4. The highest BCUT2D eigenvalue weighted by Gasteiger charge is 2.25. The number of benzene rings is 1. The molecule has 0 spiro atoms. The topological polar surface area (TPSA) is 95.7 Å². The second-order valence-electron chi connectivity index (χ2n) is 6.08. The highest BCUT2D eigenvalue weighted by molar-refractivity contribution is 7.89. The molecule has 1 aromatic heterocycles. The molecular weight excluding hydrogens is 330 g/mol. The fourth-order valence-electron chi connectivity index (χ4n) is 3.03. The van der Waals surface area contributed by atoms with Crippen LogP contribution >= 0.6 is 0 Å². The summed E-state index contributed by atoms with van der Waals surface area (Å²) in [5, 5.41) is 14.0. The number of rotatable bonds is 5. The molecule has 0 aliphatic carbocycles. The number of aliphatic hydroxyl groups excluding tert-OH is 1. The predicted molar refractivity (Wildman–Crippen MR) is 89.5 cm³/mol. The maximum absolute atomic E-state index is 12.4. The largest absolute Gasteiger partial charge is 0.387 e. The Morgan fingerprint density at radius 3 is 2.83 bits per heavy atom.